The Kier molecular flexibility index (Phi) is 2.60. The average molecular weight is 254 g/mol. The number of fused-ring (bicyclic) bond motifs is 1. The van der Waals surface area contributed by atoms with E-state index in [4.69, 9.17) is 16.3 Å². The van der Waals surface area contributed by atoms with Crippen LogP contribution in [0.15, 0.2) is 6.33 Å². The molecule has 0 radical (unpaired) electrons. The number of H-pyrrole nitrogens is 1. The van der Waals surface area contributed by atoms with Crippen LogP contribution >= 0.6 is 11.6 Å². The van der Waals surface area contributed by atoms with Crippen molar-refractivity contribution in [3.63, 3.8) is 0 Å². The van der Waals surface area contributed by atoms with Crippen LogP contribution in [0.3, 0.4) is 0 Å². The predicted molar refractivity (Wildman–Crippen MR) is 64.1 cm³/mol. The molecular formula is C10H12ClN5O. The van der Waals surface area contributed by atoms with Gasteiger partial charge in [0.1, 0.15) is 5.52 Å². The van der Waals surface area contributed by atoms with Crippen LogP contribution in [-0.4, -0.2) is 39.2 Å². The van der Waals surface area contributed by atoms with E-state index in [1.165, 1.54) is 0 Å². The van der Waals surface area contributed by atoms with Crippen LogP contribution in [-0.2, 0) is 4.74 Å². The fourth-order valence-electron chi connectivity index (χ4n) is 1.98. The molecule has 7 heteroatoms. The Bertz CT molecular complexity index is 536. The second-order valence-corrected chi connectivity index (χ2v) is 4.45. The van der Waals surface area contributed by atoms with Gasteiger partial charge in [0.15, 0.2) is 11.5 Å². The highest BCUT2D eigenvalue weighted by atomic mass is 35.5. The van der Waals surface area contributed by atoms with Crippen molar-refractivity contribution in [1.29, 1.82) is 0 Å². The van der Waals surface area contributed by atoms with Gasteiger partial charge in [-0.3, -0.25) is 0 Å². The SMILES string of the molecule is COC1CC(Nc2nc(Cl)nc3nc[nH]c23)C1. The Morgan fingerprint density at radius 3 is 3.06 bits per heavy atom. The van der Waals surface area contributed by atoms with E-state index in [0.29, 0.717) is 23.6 Å². The van der Waals surface area contributed by atoms with E-state index in [1.807, 2.05) is 0 Å². The van der Waals surface area contributed by atoms with E-state index in [0.717, 1.165) is 18.4 Å². The third kappa shape index (κ3) is 1.94. The molecule has 2 aromatic heterocycles. The van der Waals surface area contributed by atoms with E-state index in [2.05, 4.69) is 25.3 Å². The van der Waals surface area contributed by atoms with E-state index in [1.54, 1.807) is 13.4 Å². The number of anilines is 1. The van der Waals surface area contributed by atoms with Gasteiger partial charge >= 0.3 is 0 Å². The molecule has 3 rings (SSSR count). The van der Waals surface area contributed by atoms with Crippen LogP contribution < -0.4 is 5.32 Å². The molecule has 0 aromatic carbocycles. The first kappa shape index (κ1) is 10.7. The number of hydrogen-bond acceptors (Lipinski definition) is 5. The van der Waals surface area contributed by atoms with Gasteiger partial charge < -0.3 is 15.0 Å². The molecule has 1 aliphatic carbocycles. The van der Waals surface area contributed by atoms with E-state index < -0.39 is 0 Å². The van der Waals surface area contributed by atoms with Gasteiger partial charge in [0, 0.05) is 13.2 Å². The Balaban J connectivity index is 1.83. The topological polar surface area (TPSA) is 75.7 Å². The molecule has 90 valence electrons. The van der Waals surface area contributed by atoms with Crippen LogP contribution in [0.4, 0.5) is 5.82 Å². The fraction of sp³-hybridized carbons (Fsp3) is 0.500. The second kappa shape index (κ2) is 4.12. The molecular weight excluding hydrogens is 242 g/mol. The Labute approximate surface area is 103 Å². The number of hydrogen-bond donors (Lipinski definition) is 2. The summed E-state index contributed by atoms with van der Waals surface area (Å²) in [5.74, 6) is 0.706. The van der Waals surface area contributed by atoms with Crippen LogP contribution in [0.1, 0.15) is 12.8 Å². The average Bonchev–Trinajstić information content (AvgIpc) is 2.70. The summed E-state index contributed by atoms with van der Waals surface area (Å²) in [6, 6.07) is 0.373. The number of rotatable bonds is 3. The zero-order chi connectivity index (χ0) is 11.8. The van der Waals surface area contributed by atoms with Crippen molar-refractivity contribution in [3.05, 3.63) is 11.6 Å². The van der Waals surface area contributed by atoms with Crippen molar-refractivity contribution in [2.45, 2.75) is 25.0 Å². The summed E-state index contributed by atoms with van der Waals surface area (Å²) in [7, 11) is 1.73. The molecule has 0 atom stereocenters. The minimum Gasteiger partial charge on any atom is -0.381 e. The summed E-state index contributed by atoms with van der Waals surface area (Å²) < 4.78 is 5.23. The third-order valence-electron chi connectivity index (χ3n) is 3.03. The standard InChI is InChI=1S/C10H12ClN5O/c1-17-6-2-5(3-6)14-9-7-8(13-4-12-7)15-10(11)16-9/h4-6H,2-3H2,1H3,(H2,12,13,14,15,16). The summed E-state index contributed by atoms with van der Waals surface area (Å²) in [6.45, 7) is 0. The van der Waals surface area contributed by atoms with Gasteiger partial charge in [0.2, 0.25) is 5.28 Å². The maximum Gasteiger partial charge on any atom is 0.226 e. The first-order chi connectivity index (χ1) is 8.26. The van der Waals surface area contributed by atoms with Gasteiger partial charge in [-0.25, -0.2) is 4.98 Å². The monoisotopic (exact) mass is 253 g/mol. The highest BCUT2D eigenvalue weighted by molar-refractivity contribution is 6.28. The van der Waals surface area contributed by atoms with Crippen molar-refractivity contribution >= 4 is 28.6 Å². The molecule has 2 heterocycles. The van der Waals surface area contributed by atoms with Crippen LogP contribution in [0.25, 0.3) is 11.2 Å². The van der Waals surface area contributed by atoms with Crippen molar-refractivity contribution in [2.24, 2.45) is 0 Å². The van der Waals surface area contributed by atoms with Crippen LogP contribution in [0.2, 0.25) is 5.28 Å². The Hall–Kier alpha value is -1.40. The van der Waals surface area contributed by atoms with Gasteiger partial charge in [-0.1, -0.05) is 0 Å². The Morgan fingerprint density at radius 2 is 2.29 bits per heavy atom. The minimum absolute atomic E-state index is 0.203. The minimum atomic E-state index is 0.203. The molecule has 0 aliphatic heterocycles. The number of halogens is 1. The quantitative estimate of drug-likeness (QED) is 0.813. The molecule has 1 aliphatic rings. The number of imidazole rings is 1. The van der Waals surface area contributed by atoms with Crippen molar-refractivity contribution in [3.8, 4) is 0 Å². The summed E-state index contributed by atoms with van der Waals surface area (Å²) in [6.07, 6.45) is 3.89. The normalized spacial score (nSPS) is 23.6. The van der Waals surface area contributed by atoms with Crippen LogP contribution in [0.5, 0.6) is 0 Å². The molecule has 2 aromatic rings. The lowest BCUT2D eigenvalue weighted by molar-refractivity contribution is 0.0328. The molecule has 6 nitrogen and oxygen atoms in total. The van der Waals surface area contributed by atoms with E-state index in [-0.39, 0.29) is 5.28 Å². The van der Waals surface area contributed by atoms with E-state index >= 15 is 0 Å². The number of nitrogens with one attached hydrogen (secondary N) is 2. The van der Waals surface area contributed by atoms with Gasteiger partial charge in [0.25, 0.3) is 0 Å². The number of aromatic amines is 1. The number of ether oxygens (including phenoxy) is 1. The molecule has 2 N–H and O–H groups in total. The molecule has 17 heavy (non-hydrogen) atoms. The number of aromatic nitrogens is 4. The van der Waals surface area contributed by atoms with Crippen molar-refractivity contribution < 1.29 is 4.74 Å². The largest absolute Gasteiger partial charge is 0.381 e. The lowest BCUT2D eigenvalue weighted by Gasteiger charge is -2.34. The summed E-state index contributed by atoms with van der Waals surface area (Å²) in [5, 5.41) is 3.53. The lowest BCUT2D eigenvalue weighted by atomic mass is 9.89. The lowest BCUT2D eigenvalue weighted by Crippen LogP contribution is -2.40. The highest BCUT2D eigenvalue weighted by Crippen LogP contribution is 2.28. The zero-order valence-corrected chi connectivity index (χ0v) is 10.0. The summed E-state index contributed by atoms with van der Waals surface area (Å²) in [5.41, 5.74) is 1.37. The van der Waals surface area contributed by atoms with Gasteiger partial charge in [-0.15, -0.1) is 0 Å². The number of nitrogens with zero attached hydrogens (tertiary/aromatic N) is 3. The zero-order valence-electron chi connectivity index (χ0n) is 9.27. The molecule has 0 saturated heterocycles. The van der Waals surface area contributed by atoms with E-state index in [9.17, 15) is 0 Å². The smallest absolute Gasteiger partial charge is 0.226 e. The van der Waals surface area contributed by atoms with Gasteiger partial charge in [0.05, 0.1) is 12.4 Å². The first-order valence-electron chi connectivity index (χ1n) is 5.42. The highest BCUT2D eigenvalue weighted by Gasteiger charge is 2.29. The molecule has 0 bridgehead atoms. The summed E-state index contributed by atoms with van der Waals surface area (Å²) >= 11 is 5.84. The fourth-order valence-corrected chi connectivity index (χ4v) is 2.14. The van der Waals surface area contributed by atoms with Crippen molar-refractivity contribution in [2.75, 3.05) is 12.4 Å². The maximum atomic E-state index is 5.84. The number of methoxy groups -OCH3 is 1. The predicted octanol–water partition coefficient (Wildman–Crippen LogP) is 1.60. The van der Waals surface area contributed by atoms with Gasteiger partial charge in [-0.05, 0) is 24.4 Å². The molecule has 0 amide bonds. The molecule has 0 unspecified atom stereocenters. The van der Waals surface area contributed by atoms with Gasteiger partial charge in [-0.2, -0.15) is 9.97 Å². The molecule has 1 fully saturated rings. The summed E-state index contributed by atoms with van der Waals surface area (Å²) in [4.78, 5) is 15.3. The third-order valence-corrected chi connectivity index (χ3v) is 3.20. The van der Waals surface area contributed by atoms with Crippen LogP contribution in [0, 0.1) is 0 Å². The first-order valence-corrected chi connectivity index (χ1v) is 5.80. The Morgan fingerprint density at radius 1 is 1.47 bits per heavy atom. The van der Waals surface area contributed by atoms with Crippen molar-refractivity contribution in [1.82, 2.24) is 19.9 Å². The molecule has 1 saturated carbocycles. The molecule has 0 spiro atoms. The maximum absolute atomic E-state index is 5.84. The second-order valence-electron chi connectivity index (χ2n) is 4.11.